The lowest BCUT2D eigenvalue weighted by Gasteiger charge is -2.08. The van der Waals surface area contributed by atoms with Crippen molar-refractivity contribution in [1.82, 2.24) is 4.98 Å². The molecule has 2 rings (SSSR count). The predicted molar refractivity (Wildman–Crippen MR) is 79.3 cm³/mol. The van der Waals surface area contributed by atoms with Crippen LogP contribution in [0.3, 0.4) is 0 Å². The standard InChI is InChI=1S/C12H12BrN3O2S/c1-18-12(17)7-4-11(15-5-9(7)14)16-6-10-8(13)2-3-19-10/h2-5H,6,14H2,1H3,(H,15,16). The van der Waals surface area contributed by atoms with Gasteiger partial charge >= 0.3 is 5.97 Å². The van der Waals surface area contributed by atoms with E-state index in [0.717, 1.165) is 9.35 Å². The minimum absolute atomic E-state index is 0.301. The number of anilines is 2. The highest BCUT2D eigenvalue weighted by molar-refractivity contribution is 9.10. The monoisotopic (exact) mass is 341 g/mol. The van der Waals surface area contributed by atoms with Crippen LogP contribution in [0.15, 0.2) is 28.2 Å². The second-order valence-corrected chi connectivity index (χ2v) is 5.55. The number of nitrogens with one attached hydrogen (secondary N) is 1. The van der Waals surface area contributed by atoms with Crippen LogP contribution in [0.2, 0.25) is 0 Å². The van der Waals surface area contributed by atoms with E-state index in [-0.39, 0.29) is 0 Å². The molecule has 0 fully saturated rings. The van der Waals surface area contributed by atoms with E-state index >= 15 is 0 Å². The van der Waals surface area contributed by atoms with Gasteiger partial charge in [-0.2, -0.15) is 0 Å². The van der Waals surface area contributed by atoms with E-state index in [1.54, 1.807) is 17.4 Å². The van der Waals surface area contributed by atoms with Crippen LogP contribution in [0.5, 0.6) is 0 Å². The number of aromatic nitrogens is 1. The van der Waals surface area contributed by atoms with Gasteiger partial charge in [0.1, 0.15) is 5.82 Å². The number of ether oxygens (including phenoxy) is 1. The van der Waals surface area contributed by atoms with E-state index in [2.05, 4.69) is 31.0 Å². The van der Waals surface area contributed by atoms with E-state index < -0.39 is 5.97 Å². The van der Waals surface area contributed by atoms with Crippen molar-refractivity contribution >= 4 is 44.7 Å². The molecular weight excluding hydrogens is 330 g/mol. The summed E-state index contributed by atoms with van der Waals surface area (Å²) < 4.78 is 5.71. The third kappa shape index (κ3) is 3.24. The number of hydrogen-bond donors (Lipinski definition) is 2. The number of esters is 1. The van der Waals surface area contributed by atoms with E-state index in [1.807, 2.05) is 11.4 Å². The number of methoxy groups -OCH3 is 1. The molecule has 0 saturated carbocycles. The van der Waals surface area contributed by atoms with Crippen molar-refractivity contribution in [2.45, 2.75) is 6.54 Å². The summed E-state index contributed by atoms with van der Waals surface area (Å²) in [7, 11) is 1.32. The molecule has 2 heterocycles. The Labute approximate surface area is 122 Å². The number of pyridine rings is 1. The number of thiophene rings is 1. The average molecular weight is 342 g/mol. The van der Waals surface area contributed by atoms with Gasteiger partial charge in [-0.15, -0.1) is 11.3 Å². The maximum Gasteiger partial charge on any atom is 0.340 e. The molecule has 0 aliphatic heterocycles. The zero-order valence-corrected chi connectivity index (χ0v) is 12.5. The Bertz CT molecular complexity index is 600. The Morgan fingerprint density at radius 2 is 2.42 bits per heavy atom. The van der Waals surface area contributed by atoms with Gasteiger partial charge in [-0.1, -0.05) is 0 Å². The van der Waals surface area contributed by atoms with Crippen molar-refractivity contribution < 1.29 is 9.53 Å². The molecule has 0 amide bonds. The first-order valence-corrected chi connectivity index (χ1v) is 7.08. The third-order valence-electron chi connectivity index (χ3n) is 2.46. The number of halogens is 1. The molecule has 7 heteroatoms. The highest BCUT2D eigenvalue weighted by Crippen LogP contribution is 2.24. The number of nitrogen functional groups attached to an aromatic ring is 1. The van der Waals surface area contributed by atoms with Gasteiger partial charge in [-0.05, 0) is 33.4 Å². The first kappa shape index (κ1) is 13.8. The Balaban J connectivity index is 2.13. The van der Waals surface area contributed by atoms with Crippen LogP contribution < -0.4 is 11.1 Å². The van der Waals surface area contributed by atoms with Gasteiger partial charge in [0.2, 0.25) is 0 Å². The Kier molecular flexibility index (Phi) is 4.39. The van der Waals surface area contributed by atoms with Gasteiger partial charge in [-0.25, -0.2) is 9.78 Å². The van der Waals surface area contributed by atoms with Crippen molar-refractivity contribution in [2.24, 2.45) is 0 Å². The van der Waals surface area contributed by atoms with Crippen LogP contribution in [0.4, 0.5) is 11.5 Å². The summed E-state index contributed by atoms with van der Waals surface area (Å²) in [5.74, 6) is 0.107. The average Bonchev–Trinajstić information content (AvgIpc) is 2.82. The highest BCUT2D eigenvalue weighted by Gasteiger charge is 2.11. The molecule has 0 spiro atoms. The summed E-state index contributed by atoms with van der Waals surface area (Å²) in [6.45, 7) is 0.621. The number of nitrogens with two attached hydrogens (primary N) is 1. The van der Waals surface area contributed by atoms with Crippen molar-refractivity contribution in [3.8, 4) is 0 Å². The lowest BCUT2D eigenvalue weighted by atomic mass is 10.2. The van der Waals surface area contributed by atoms with Gasteiger partial charge in [0.05, 0.1) is 31.1 Å². The molecule has 0 atom stereocenters. The van der Waals surface area contributed by atoms with E-state index in [0.29, 0.717) is 23.6 Å². The normalized spacial score (nSPS) is 10.2. The summed E-state index contributed by atoms with van der Waals surface area (Å²) >= 11 is 5.09. The minimum Gasteiger partial charge on any atom is -0.465 e. The summed E-state index contributed by atoms with van der Waals surface area (Å²) in [5.41, 5.74) is 6.30. The van der Waals surface area contributed by atoms with Gasteiger partial charge in [-0.3, -0.25) is 0 Å². The third-order valence-corrected chi connectivity index (χ3v) is 4.39. The topological polar surface area (TPSA) is 77.2 Å². The number of carbonyl (C=O) groups is 1. The molecule has 2 aromatic rings. The van der Waals surface area contributed by atoms with Crippen molar-refractivity contribution in [2.75, 3.05) is 18.2 Å². The van der Waals surface area contributed by atoms with Gasteiger partial charge in [0, 0.05) is 9.35 Å². The van der Waals surface area contributed by atoms with E-state index in [4.69, 9.17) is 5.73 Å². The molecule has 0 saturated heterocycles. The highest BCUT2D eigenvalue weighted by atomic mass is 79.9. The van der Waals surface area contributed by atoms with Crippen LogP contribution in [0, 0.1) is 0 Å². The Morgan fingerprint density at radius 3 is 3.05 bits per heavy atom. The molecule has 0 aromatic carbocycles. The van der Waals surface area contributed by atoms with Crippen LogP contribution in [0.1, 0.15) is 15.2 Å². The van der Waals surface area contributed by atoms with Crippen molar-refractivity contribution in [3.05, 3.63) is 38.6 Å². The SMILES string of the molecule is COC(=O)c1cc(NCc2sccc2Br)ncc1N. The van der Waals surface area contributed by atoms with Crippen LogP contribution in [-0.4, -0.2) is 18.1 Å². The molecule has 0 aliphatic rings. The van der Waals surface area contributed by atoms with Crippen molar-refractivity contribution in [1.29, 1.82) is 0 Å². The van der Waals surface area contributed by atoms with E-state index in [1.165, 1.54) is 13.3 Å². The molecule has 19 heavy (non-hydrogen) atoms. The maximum absolute atomic E-state index is 11.5. The first-order valence-electron chi connectivity index (χ1n) is 5.41. The molecule has 5 nitrogen and oxygen atoms in total. The van der Waals surface area contributed by atoms with Crippen LogP contribution in [-0.2, 0) is 11.3 Å². The van der Waals surface area contributed by atoms with Gasteiger partial charge in [0.15, 0.2) is 0 Å². The molecular formula is C12H12BrN3O2S. The summed E-state index contributed by atoms with van der Waals surface area (Å²) in [6, 6.07) is 3.57. The predicted octanol–water partition coefficient (Wildman–Crippen LogP) is 2.89. The van der Waals surface area contributed by atoms with E-state index in [9.17, 15) is 4.79 Å². The fourth-order valence-corrected chi connectivity index (χ4v) is 2.90. The molecule has 0 radical (unpaired) electrons. The molecule has 0 unspecified atom stereocenters. The summed E-state index contributed by atoms with van der Waals surface area (Å²) in [4.78, 5) is 16.8. The fraction of sp³-hybridized carbons (Fsp3) is 0.167. The lowest BCUT2D eigenvalue weighted by Crippen LogP contribution is -2.08. The molecule has 0 bridgehead atoms. The van der Waals surface area contributed by atoms with Crippen molar-refractivity contribution in [3.63, 3.8) is 0 Å². The first-order chi connectivity index (χ1) is 9.11. The Hall–Kier alpha value is -1.60. The number of carbonyl (C=O) groups excluding carboxylic acids is 1. The molecule has 100 valence electrons. The summed E-state index contributed by atoms with van der Waals surface area (Å²) in [5, 5.41) is 5.14. The zero-order chi connectivity index (χ0) is 13.8. The molecule has 2 aromatic heterocycles. The largest absolute Gasteiger partial charge is 0.465 e. The van der Waals surface area contributed by atoms with Gasteiger partial charge in [0.25, 0.3) is 0 Å². The second-order valence-electron chi connectivity index (χ2n) is 3.69. The van der Waals surface area contributed by atoms with Gasteiger partial charge < -0.3 is 15.8 Å². The number of hydrogen-bond acceptors (Lipinski definition) is 6. The zero-order valence-electron chi connectivity index (χ0n) is 10.1. The second kappa shape index (κ2) is 6.03. The quantitative estimate of drug-likeness (QED) is 0.836. The van der Waals surface area contributed by atoms with Crippen LogP contribution in [0.25, 0.3) is 0 Å². The fourth-order valence-electron chi connectivity index (χ4n) is 1.47. The summed E-state index contributed by atoms with van der Waals surface area (Å²) in [6.07, 6.45) is 1.44. The minimum atomic E-state index is -0.472. The van der Waals surface area contributed by atoms with Crippen LogP contribution >= 0.6 is 27.3 Å². The smallest absolute Gasteiger partial charge is 0.340 e. The molecule has 0 aliphatic carbocycles. The molecule has 3 N–H and O–H groups in total. The Morgan fingerprint density at radius 1 is 1.63 bits per heavy atom. The lowest BCUT2D eigenvalue weighted by molar-refractivity contribution is 0.0602. The maximum atomic E-state index is 11.5. The number of nitrogens with zero attached hydrogens (tertiary/aromatic N) is 1. The number of rotatable bonds is 4.